The molecule has 0 spiro atoms. The van der Waals surface area contributed by atoms with Gasteiger partial charge in [-0.3, -0.25) is 4.79 Å². The SMILES string of the molecule is CCC1CCCCN1/C=C(/C#N)C(=O)Nc1cccc(O)c1. The fraction of sp³-hybridized carbons (Fsp3) is 0.412. The van der Waals surface area contributed by atoms with Crippen molar-refractivity contribution < 1.29 is 9.90 Å². The van der Waals surface area contributed by atoms with Crippen LogP contribution in [0.15, 0.2) is 36.0 Å². The van der Waals surface area contributed by atoms with Crippen LogP contribution in [0.1, 0.15) is 32.6 Å². The molecule has 1 aromatic rings. The summed E-state index contributed by atoms with van der Waals surface area (Å²) in [7, 11) is 0. The van der Waals surface area contributed by atoms with E-state index in [-0.39, 0.29) is 11.3 Å². The van der Waals surface area contributed by atoms with E-state index < -0.39 is 5.91 Å². The van der Waals surface area contributed by atoms with Gasteiger partial charge in [-0.05, 0) is 37.8 Å². The van der Waals surface area contributed by atoms with Gasteiger partial charge in [0.25, 0.3) is 5.91 Å². The molecule has 1 aromatic carbocycles. The molecule has 1 unspecified atom stereocenters. The number of benzene rings is 1. The van der Waals surface area contributed by atoms with Crippen LogP contribution in [0.25, 0.3) is 0 Å². The summed E-state index contributed by atoms with van der Waals surface area (Å²) >= 11 is 0. The van der Waals surface area contributed by atoms with Crippen LogP contribution < -0.4 is 5.32 Å². The summed E-state index contributed by atoms with van der Waals surface area (Å²) in [6, 6.07) is 8.65. The zero-order chi connectivity index (χ0) is 15.9. The lowest BCUT2D eigenvalue weighted by Crippen LogP contribution is -2.35. The maximum absolute atomic E-state index is 12.2. The lowest BCUT2D eigenvalue weighted by Gasteiger charge is -2.34. The fourth-order valence-corrected chi connectivity index (χ4v) is 2.72. The van der Waals surface area contributed by atoms with Crippen molar-refractivity contribution in [3.63, 3.8) is 0 Å². The number of anilines is 1. The minimum absolute atomic E-state index is 0.0716. The Morgan fingerprint density at radius 3 is 3.05 bits per heavy atom. The molecule has 0 aliphatic carbocycles. The molecule has 2 rings (SSSR count). The van der Waals surface area contributed by atoms with Crippen molar-refractivity contribution in [1.82, 2.24) is 4.90 Å². The van der Waals surface area contributed by atoms with E-state index in [1.807, 2.05) is 6.07 Å². The van der Waals surface area contributed by atoms with Crippen molar-refractivity contribution in [3.05, 3.63) is 36.0 Å². The molecule has 1 amide bonds. The van der Waals surface area contributed by atoms with E-state index in [9.17, 15) is 15.2 Å². The first-order chi connectivity index (χ1) is 10.6. The van der Waals surface area contributed by atoms with Crippen molar-refractivity contribution in [2.75, 3.05) is 11.9 Å². The molecule has 2 N–H and O–H groups in total. The van der Waals surface area contributed by atoms with E-state index in [1.54, 1.807) is 18.3 Å². The molecule has 0 bridgehead atoms. The number of nitrogens with one attached hydrogen (secondary N) is 1. The predicted octanol–water partition coefficient (Wildman–Crippen LogP) is 3.00. The average molecular weight is 299 g/mol. The highest BCUT2D eigenvalue weighted by molar-refractivity contribution is 6.06. The summed E-state index contributed by atoms with van der Waals surface area (Å²) in [5.41, 5.74) is 0.556. The van der Waals surface area contributed by atoms with Gasteiger partial charge in [-0.15, -0.1) is 0 Å². The third-order valence-corrected chi connectivity index (χ3v) is 3.91. The van der Waals surface area contributed by atoms with Crippen LogP contribution >= 0.6 is 0 Å². The minimum Gasteiger partial charge on any atom is -0.508 e. The van der Waals surface area contributed by atoms with Gasteiger partial charge in [0.05, 0.1) is 0 Å². The number of carbonyl (C=O) groups is 1. The van der Waals surface area contributed by atoms with Gasteiger partial charge in [0.2, 0.25) is 0 Å². The highest BCUT2D eigenvalue weighted by Crippen LogP contribution is 2.21. The minimum atomic E-state index is -0.450. The van der Waals surface area contributed by atoms with Crippen LogP contribution in [-0.2, 0) is 4.79 Å². The molecule has 0 saturated carbocycles. The zero-order valence-corrected chi connectivity index (χ0v) is 12.7. The molecule has 1 atom stereocenters. The molecular formula is C17H21N3O2. The van der Waals surface area contributed by atoms with Gasteiger partial charge < -0.3 is 15.3 Å². The van der Waals surface area contributed by atoms with Crippen LogP contribution in [0.2, 0.25) is 0 Å². The van der Waals surface area contributed by atoms with Gasteiger partial charge in [0.15, 0.2) is 0 Å². The van der Waals surface area contributed by atoms with Crippen molar-refractivity contribution in [2.24, 2.45) is 0 Å². The van der Waals surface area contributed by atoms with E-state index in [0.29, 0.717) is 11.7 Å². The number of likely N-dealkylation sites (tertiary alicyclic amines) is 1. The van der Waals surface area contributed by atoms with E-state index in [2.05, 4.69) is 17.1 Å². The van der Waals surface area contributed by atoms with Gasteiger partial charge in [-0.2, -0.15) is 5.26 Å². The molecule has 0 aromatic heterocycles. The van der Waals surface area contributed by atoms with Crippen LogP contribution in [-0.4, -0.2) is 28.5 Å². The first kappa shape index (κ1) is 15.9. The summed E-state index contributed by atoms with van der Waals surface area (Å²) in [4.78, 5) is 14.3. The maximum atomic E-state index is 12.2. The molecule has 5 heteroatoms. The molecule has 1 heterocycles. The second kappa shape index (κ2) is 7.51. The highest BCUT2D eigenvalue weighted by atomic mass is 16.3. The maximum Gasteiger partial charge on any atom is 0.267 e. The number of nitrogens with zero attached hydrogens (tertiary/aromatic N) is 2. The van der Waals surface area contributed by atoms with Crippen LogP contribution in [0.5, 0.6) is 5.75 Å². The fourth-order valence-electron chi connectivity index (χ4n) is 2.72. The highest BCUT2D eigenvalue weighted by Gasteiger charge is 2.20. The van der Waals surface area contributed by atoms with Crippen molar-refractivity contribution >= 4 is 11.6 Å². The normalized spacial score (nSPS) is 18.6. The molecule has 1 aliphatic heterocycles. The Balaban J connectivity index is 2.11. The molecule has 5 nitrogen and oxygen atoms in total. The number of nitriles is 1. The summed E-state index contributed by atoms with van der Waals surface area (Å²) in [6.45, 7) is 3.00. The van der Waals surface area contributed by atoms with Crippen molar-refractivity contribution in [2.45, 2.75) is 38.6 Å². The van der Waals surface area contributed by atoms with Crippen LogP contribution in [0.3, 0.4) is 0 Å². The van der Waals surface area contributed by atoms with Gasteiger partial charge in [-0.1, -0.05) is 13.0 Å². The molecule has 1 fully saturated rings. The number of carbonyl (C=O) groups excluding carboxylic acids is 1. The van der Waals surface area contributed by atoms with E-state index >= 15 is 0 Å². The number of hydrogen-bond donors (Lipinski definition) is 2. The Bertz CT molecular complexity index is 604. The number of rotatable bonds is 4. The summed E-state index contributed by atoms with van der Waals surface area (Å²) in [5, 5.41) is 21.3. The first-order valence-corrected chi connectivity index (χ1v) is 7.62. The summed E-state index contributed by atoms with van der Waals surface area (Å²) < 4.78 is 0. The first-order valence-electron chi connectivity index (χ1n) is 7.62. The van der Waals surface area contributed by atoms with E-state index in [1.165, 1.54) is 18.6 Å². The number of phenolic OH excluding ortho intramolecular Hbond substituents is 1. The standard InChI is InChI=1S/C17H21N3O2/c1-2-15-7-3-4-9-20(15)12-13(11-18)17(22)19-14-6-5-8-16(21)10-14/h5-6,8,10,12,15,21H,2-4,7,9H2,1H3,(H,19,22)/b13-12-. The third-order valence-electron chi connectivity index (χ3n) is 3.91. The van der Waals surface area contributed by atoms with Crippen molar-refractivity contribution in [3.8, 4) is 11.8 Å². The molecule has 1 saturated heterocycles. The Morgan fingerprint density at radius 2 is 2.36 bits per heavy atom. The average Bonchev–Trinajstić information content (AvgIpc) is 2.52. The van der Waals surface area contributed by atoms with Gasteiger partial charge in [-0.25, -0.2) is 0 Å². The lowest BCUT2D eigenvalue weighted by atomic mass is 10.0. The summed E-state index contributed by atoms with van der Waals surface area (Å²) in [6.07, 6.45) is 6.05. The smallest absolute Gasteiger partial charge is 0.267 e. The number of phenols is 1. The quantitative estimate of drug-likeness (QED) is 0.662. The Morgan fingerprint density at radius 1 is 1.55 bits per heavy atom. The molecule has 1 aliphatic rings. The molecule has 0 radical (unpaired) electrons. The Kier molecular flexibility index (Phi) is 5.42. The van der Waals surface area contributed by atoms with Crippen LogP contribution in [0.4, 0.5) is 5.69 Å². The van der Waals surface area contributed by atoms with Gasteiger partial charge >= 0.3 is 0 Å². The number of piperidine rings is 1. The third kappa shape index (κ3) is 4.01. The largest absolute Gasteiger partial charge is 0.508 e. The predicted molar refractivity (Wildman–Crippen MR) is 85.1 cm³/mol. The molecular weight excluding hydrogens is 278 g/mol. The van der Waals surface area contributed by atoms with E-state index in [0.717, 1.165) is 25.8 Å². The summed E-state index contributed by atoms with van der Waals surface area (Å²) in [5.74, 6) is -0.379. The number of amides is 1. The van der Waals surface area contributed by atoms with Crippen LogP contribution in [0, 0.1) is 11.3 Å². The second-order valence-electron chi connectivity index (χ2n) is 5.45. The Labute approximate surface area is 130 Å². The van der Waals surface area contributed by atoms with Gasteiger partial charge in [0, 0.05) is 30.5 Å². The lowest BCUT2D eigenvalue weighted by molar-refractivity contribution is -0.112. The second-order valence-corrected chi connectivity index (χ2v) is 5.45. The topological polar surface area (TPSA) is 76.4 Å². The molecule has 116 valence electrons. The monoisotopic (exact) mass is 299 g/mol. The Hall–Kier alpha value is -2.48. The van der Waals surface area contributed by atoms with Crippen molar-refractivity contribution in [1.29, 1.82) is 5.26 Å². The van der Waals surface area contributed by atoms with Gasteiger partial charge in [0.1, 0.15) is 17.4 Å². The number of hydrogen-bond acceptors (Lipinski definition) is 4. The molecule has 22 heavy (non-hydrogen) atoms. The zero-order valence-electron chi connectivity index (χ0n) is 12.7. The number of aromatic hydroxyl groups is 1. The van der Waals surface area contributed by atoms with E-state index in [4.69, 9.17) is 0 Å².